The highest BCUT2D eigenvalue weighted by atomic mass is 35.5. The maximum absolute atomic E-state index is 5.74. The van der Waals surface area contributed by atoms with Gasteiger partial charge in [-0.3, -0.25) is 4.98 Å². The van der Waals surface area contributed by atoms with Gasteiger partial charge in [-0.25, -0.2) is 4.98 Å². The molecule has 0 saturated carbocycles. The molecule has 0 aromatic carbocycles. The van der Waals surface area contributed by atoms with Crippen molar-refractivity contribution < 1.29 is 0 Å². The van der Waals surface area contributed by atoms with Gasteiger partial charge >= 0.3 is 0 Å². The molecule has 0 aliphatic carbocycles. The van der Waals surface area contributed by atoms with Crippen molar-refractivity contribution in [3.8, 4) is 0 Å². The summed E-state index contributed by atoms with van der Waals surface area (Å²) in [4.78, 5) is 8.39. The lowest BCUT2D eigenvalue weighted by Crippen LogP contribution is -2.06. The standard InChI is InChI=1S/C12H12ClN3/c13-10-4-5-12(16-9-10)15-8-6-11-3-1-2-7-14-11/h1-5,7,9H,6,8H2,(H,15,16). The number of halogens is 1. The van der Waals surface area contributed by atoms with Crippen LogP contribution in [-0.4, -0.2) is 16.5 Å². The molecule has 0 bridgehead atoms. The number of rotatable bonds is 4. The van der Waals surface area contributed by atoms with Crippen LogP contribution in [0.15, 0.2) is 42.7 Å². The molecule has 3 nitrogen and oxygen atoms in total. The van der Waals surface area contributed by atoms with E-state index >= 15 is 0 Å². The van der Waals surface area contributed by atoms with Crippen LogP contribution in [0.25, 0.3) is 0 Å². The Hall–Kier alpha value is -1.61. The smallest absolute Gasteiger partial charge is 0.125 e. The normalized spacial score (nSPS) is 10.1. The zero-order valence-corrected chi connectivity index (χ0v) is 9.48. The van der Waals surface area contributed by atoms with E-state index in [9.17, 15) is 0 Å². The molecule has 82 valence electrons. The van der Waals surface area contributed by atoms with Gasteiger partial charge in [0.05, 0.1) is 5.02 Å². The third kappa shape index (κ3) is 3.21. The minimum absolute atomic E-state index is 0.648. The first-order chi connectivity index (χ1) is 7.84. The third-order valence-corrected chi connectivity index (χ3v) is 2.36. The largest absolute Gasteiger partial charge is 0.370 e. The maximum Gasteiger partial charge on any atom is 0.125 e. The molecule has 0 atom stereocenters. The fraction of sp³-hybridized carbons (Fsp3) is 0.167. The first kappa shape index (κ1) is 10.9. The lowest BCUT2D eigenvalue weighted by molar-refractivity contribution is 0.954. The van der Waals surface area contributed by atoms with E-state index in [1.807, 2.05) is 30.3 Å². The Morgan fingerprint density at radius 1 is 1.12 bits per heavy atom. The first-order valence-corrected chi connectivity index (χ1v) is 5.48. The number of pyridine rings is 2. The van der Waals surface area contributed by atoms with Crippen molar-refractivity contribution in [2.24, 2.45) is 0 Å². The molecule has 1 N–H and O–H groups in total. The molecule has 0 saturated heterocycles. The summed E-state index contributed by atoms with van der Waals surface area (Å²) in [5, 5.41) is 3.86. The van der Waals surface area contributed by atoms with Crippen LogP contribution in [0.5, 0.6) is 0 Å². The second kappa shape index (κ2) is 5.47. The van der Waals surface area contributed by atoms with Crippen molar-refractivity contribution in [2.75, 3.05) is 11.9 Å². The molecule has 0 aliphatic rings. The van der Waals surface area contributed by atoms with Crippen LogP contribution < -0.4 is 5.32 Å². The van der Waals surface area contributed by atoms with Gasteiger partial charge in [-0.05, 0) is 24.3 Å². The molecular formula is C12H12ClN3. The Bertz CT molecular complexity index is 428. The Morgan fingerprint density at radius 2 is 2.06 bits per heavy atom. The molecule has 2 aromatic rings. The van der Waals surface area contributed by atoms with Gasteiger partial charge in [0.1, 0.15) is 5.82 Å². The summed E-state index contributed by atoms with van der Waals surface area (Å²) < 4.78 is 0. The third-order valence-electron chi connectivity index (χ3n) is 2.14. The molecule has 0 amide bonds. The predicted octanol–water partition coefficient (Wildman–Crippen LogP) is 2.78. The van der Waals surface area contributed by atoms with Gasteiger partial charge in [0.15, 0.2) is 0 Å². The van der Waals surface area contributed by atoms with Crippen LogP contribution in [0.2, 0.25) is 5.02 Å². The Labute approximate surface area is 99.5 Å². The number of nitrogens with zero attached hydrogens (tertiary/aromatic N) is 2. The van der Waals surface area contributed by atoms with Gasteiger partial charge in [-0.15, -0.1) is 0 Å². The fourth-order valence-electron chi connectivity index (χ4n) is 1.35. The van der Waals surface area contributed by atoms with Crippen molar-refractivity contribution >= 4 is 17.4 Å². The number of hydrogen-bond acceptors (Lipinski definition) is 3. The van der Waals surface area contributed by atoms with Crippen LogP contribution >= 0.6 is 11.6 Å². The lowest BCUT2D eigenvalue weighted by Gasteiger charge is -2.04. The van der Waals surface area contributed by atoms with Crippen LogP contribution in [0.3, 0.4) is 0 Å². The summed E-state index contributed by atoms with van der Waals surface area (Å²) in [6, 6.07) is 9.59. The monoisotopic (exact) mass is 233 g/mol. The van der Waals surface area contributed by atoms with E-state index in [-0.39, 0.29) is 0 Å². The van der Waals surface area contributed by atoms with E-state index in [2.05, 4.69) is 15.3 Å². The fourth-order valence-corrected chi connectivity index (χ4v) is 1.46. The van der Waals surface area contributed by atoms with Gasteiger partial charge in [-0.2, -0.15) is 0 Å². The van der Waals surface area contributed by atoms with Crippen molar-refractivity contribution in [3.63, 3.8) is 0 Å². The summed E-state index contributed by atoms with van der Waals surface area (Å²) in [6.45, 7) is 0.811. The first-order valence-electron chi connectivity index (χ1n) is 5.10. The summed E-state index contributed by atoms with van der Waals surface area (Å²) in [6.07, 6.45) is 4.31. The highest BCUT2D eigenvalue weighted by molar-refractivity contribution is 6.30. The zero-order valence-electron chi connectivity index (χ0n) is 8.73. The molecule has 2 aromatic heterocycles. The minimum Gasteiger partial charge on any atom is -0.370 e. The van der Waals surface area contributed by atoms with Crippen molar-refractivity contribution in [3.05, 3.63) is 53.4 Å². The Morgan fingerprint density at radius 3 is 2.75 bits per heavy atom. The molecule has 0 aliphatic heterocycles. The van der Waals surface area contributed by atoms with Crippen molar-refractivity contribution in [1.82, 2.24) is 9.97 Å². The van der Waals surface area contributed by atoms with Gasteiger partial charge < -0.3 is 5.32 Å². The molecule has 0 fully saturated rings. The van der Waals surface area contributed by atoms with Gasteiger partial charge in [-0.1, -0.05) is 17.7 Å². The van der Waals surface area contributed by atoms with Crippen molar-refractivity contribution in [1.29, 1.82) is 0 Å². The van der Waals surface area contributed by atoms with E-state index in [4.69, 9.17) is 11.6 Å². The number of anilines is 1. The topological polar surface area (TPSA) is 37.8 Å². The molecular weight excluding hydrogens is 222 g/mol. The lowest BCUT2D eigenvalue weighted by atomic mass is 10.3. The quantitative estimate of drug-likeness (QED) is 0.883. The van der Waals surface area contributed by atoms with Gasteiger partial charge in [0, 0.05) is 31.1 Å². The summed E-state index contributed by atoms with van der Waals surface area (Å²) in [7, 11) is 0. The van der Waals surface area contributed by atoms with Gasteiger partial charge in [0.2, 0.25) is 0 Å². The number of hydrogen-bond donors (Lipinski definition) is 1. The van der Waals surface area contributed by atoms with Crippen LogP contribution in [0, 0.1) is 0 Å². The molecule has 2 rings (SSSR count). The SMILES string of the molecule is Clc1ccc(NCCc2ccccn2)nc1. The Kier molecular flexibility index (Phi) is 3.72. The van der Waals surface area contributed by atoms with Gasteiger partial charge in [0.25, 0.3) is 0 Å². The number of nitrogens with one attached hydrogen (secondary N) is 1. The summed E-state index contributed by atoms with van der Waals surface area (Å²) >= 11 is 5.74. The molecule has 0 unspecified atom stereocenters. The van der Waals surface area contributed by atoms with Crippen molar-refractivity contribution in [2.45, 2.75) is 6.42 Å². The average molecular weight is 234 g/mol. The van der Waals surface area contributed by atoms with Crippen LogP contribution in [0.4, 0.5) is 5.82 Å². The van der Waals surface area contributed by atoms with E-state index in [0.29, 0.717) is 5.02 Å². The second-order valence-electron chi connectivity index (χ2n) is 3.36. The van der Waals surface area contributed by atoms with E-state index in [1.165, 1.54) is 0 Å². The Balaban J connectivity index is 1.82. The summed E-state index contributed by atoms with van der Waals surface area (Å²) in [5.74, 6) is 0.834. The molecule has 2 heterocycles. The molecule has 4 heteroatoms. The minimum atomic E-state index is 0.648. The maximum atomic E-state index is 5.74. The van der Waals surface area contributed by atoms with E-state index in [0.717, 1.165) is 24.5 Å². The highest BCUT2D eigenvalue weighted by Gasteiger charge is 1.95. The number of aromatic nitrogens is 2. The van der Waals surface area contributed by atoms with E-state index < -0.39 is 0 Å². The highest BCUT2D eigenvalue weighted by Crippen LogP contribution is 2.09. The second-order valence-corrected chi connectivity index (χ2v) is 3.80. The molecule has 16 heavy (non-hydrogen) atoms. The van der Waals surface area contributed by atoms with Crippen LogP contribution in [-0.2, 0) is 6.42 Å². The molecule has 0 spiro atoms. The summed E-state index contributed by atoms with van der Waals surface area (Å²) in [5.41, 5.74) is 1.07. The van der Waals surface area contributed by atoms with E-state index in [1.54, 1.807) is 12.4 Å². The van der Waals surface area contributed by atoms with Crippen LogP contribution in [0.1, 0.15) is 5.69 Å². The predicted molar refractivity (Wildman–Crippen MR) is 65.7 cm³/mol. The zero-order chi connectivity index (χ0) is 11.2. The average Bonchev–Trinajstić information content (AvgIpc) is 2.33. The molecule has 0 radical (unpaired) electrons.